The van der Waals surface area contributed by atoms with E-state index in [1.807, 2.05) is 6.20 Å². The van der Waals surface area contributed by atoms with Crippen LogP contribution in [0.1, 0.15) is 19.4 Å². The van der Waals surface area contributed by atoms with E-state index < -0.39 is 0 Å². The SMILES string of the molecule is Cc1ccc(Sc2ccc(SC(C)C)nc2)cc1. The van der Waals surface area contributed by atoms with Crippen LogP contribution in [0.4, 0.5) is 0 Å². The van der Waals surface area contributed by atoms with Gasteiger partial charge in [0.15, 0.2) is 0 Å². The molecule has 1 heterocycles. The van der Waals surface area contributed by atoms with E-state index in [0.29, 0.717) is 5.25 Å². The third-order valence-electron chi connectivity index (χ3n) is 2.32. The summed E-state index contributed by atoms with van der Waals surface area (Å²) in [6.07, 6.45) is 1.95. The van der Waals surface area contributed by atoms with Gasteiger partial charge in [-0.25, -0.2) is 4.98 Å². The van der Waals surface area contributed by atoms with Crippen LogP contribution in [0, 0.1) is 6.92 Å². The lowest BCUT2D eigenvalue weighted by molar-refractivity contribution is 1.05. The van der Waals surface area contributed by atoms with Gasteiger partial charge >= 0.3 is 0 Å². The fourth-order valence-electron chi connectivity index (χ4n) is 1.48. The van der Waals surface area contributed by atoms with Crippen molar-refractivity contribution < 1.29 is 0 Å². The molecule has 0 spiro atoms. The second-order valence-corrected chi connectivity index (χ2v) is 7.16. The zero-order valence-corrected chi connectivity index (χ0v) is 12.5. The maximum absolute atomic E-state index is 4.47. The molecule has 1 aromatic carbocycles. The molecule has 0 saturated heterocycles. The van der Waals surface area contributed by atoms with Gasteiger partial charge < -0.3 is 0 Å². The second-order valence-electron chi connectivity index (χ2n) is 4.41. The summed E-state index contributed by atoms with van der Waals surface area (Å²) in [5, 5.41) is 1.67. The van der Waals surface area contributed by atoms with Crippen LogP contribution in [-0.4, -0.2) is 10.2 Å². The number of thioether (sulfide) groups is 1. The lowest BCUT2D eigenvalue weighted by Crippen LogP contribution is -1.88. The van der Waals surface area contributed by atoms with E-state index >= 15 is 0 Å². The highest BCUT2D eigenvalue weighted by Gasteiger charge is 2.01. The second kappa shape index (κ2) is 6.30. The molecule has 2 rings (SSSR count). The number of rotatable bonds is 4. The lowest BCUT2D eigenvalue weighted by Gasteiger charge is -2.05. The Morgan fingerprint density at radius 3 is 2.17 bits per heavy atom. The number of hydrogen-bond acceptors (Lipinski definition) is 3. The molecule has 0 amide bonds. The van der Waals surface area contributed by atoms with Gasteiger partial charge in [0.1, 0.15) is 0 Å². The molecule has 2 aromatic rings. The average molecular weight is 275 g/mol. The summed E-state index contributed by atoms with van der Waals surface area (Å²) in [4.78, 5) is 6.92. The van der Waals surface area contributed by atoms with E-state index in [2.05, 4.69) is 62.2 Å². The van der Waals surface area contributed by atoms with Crippen molar-refractivity contribution in [3.05, 3.63) is 48.2 Å². The number of benzene rings is 1. The molecule has 94 valence electrons. The van der Waals surface area contributed by atoms with E-state index in [0.717, 1.165) is 5.03 Å². The fraction of sp³-hybridized carbons (Fsp3) is 0.267. The van der Waals surface area contributed by atoms with E-state index in [-0.39, 0.29) is 0 Å². The van der Waals surface area contributed by atoms with Gasteiger partial charge in [-0.2, -0.15) is 0 Å². The summed E-state index contributed by atoms with van der Waals surface area (Å²) < 4.78 is 0. The molecule has 0 aliphatic rings. The van der Waals surface area contributed by atoms with Crippen LogP contribution < -0.4 is 0 Å². The number of aryl methyl sites for hydroxylation is 1. The van der Waals surface area contributed by atoms with Gasteiger partial charge in [0.2, 0.25) is 0 Å². The molecule has 0 saturated carbocycles. The molecule has 0 atom stereocenters. The van der Waals surface area contributed by atoms with Crippen LogP contribution in [0.2, 0.25) is 0 Å². The number of hydrogen-bond donors (Lipinski definition) is 0. The van der Waals surface area contributed by atoms with Crippen molar-refractivity contribution in [2.75, 3.05) is 0 Å². The third kappa shape index (κ3) is 4.07. The molecule has 0 radical (unpaired) electrons. The minimum Gasteiger partial charge on any atom is -0.249 e. The molecule has 1 aromatic heterocycles. The van der Waals surface area contributed by atoms with Crippen LogP contribution in [0.3, 0.4) is 0 Å². The summed E-state index contributed by atoms with van der Waals surface area (Å²) in [5.41, 5.74) is 1.29. The van der Waals surface area contributed by atoms with E-state index in [4.69, 9.17) is 0 Å². The summed E-state index contributed by atoms with van der Waals surface area (Å²) in [5.74, 6) is 0. The smallest absolute Gasteiger partial charge is 0.0963 e. The normalized spacial score (nSPS) is 10.9. The Labute approximate surface area is 117 Å². The van der Waals surface area contributed by atoms with Crippen molar-refractivity contribution in [3.8, 4) is 0 Å². The molecular formula is C15H17NS2. The van der Waals surface area contributed by atoms with Crippen molar-refractivity contribution >= 4 is 23.5 Å². The van der Waals surface area contributed by atoms with Gasteiger partial charge in [0.05, 0.1) is 5.03 Å². The van der Waals surface area contributed by atoms with Crippen LogP contribution in [0.25, 0.3) is 0 Å². The quantitative estimate of drug-likeness (QED) is 0.725. The zero-order valence-electron chi connectivity index (χ0n) is 10.9. The van der Waals surface area contributed by atoms with Crippen molar-refractivity contribution in [2.45, 2.75) is 40.8 Å². The molecule has 18 heavy (non-hydrogen) atoms. The third-order valence-corrected chi connectivity index (χ3v) is 4.26. The Morgan fingerprint density at radius 2 is 1.61 bits per heavy atom. The average Bonchev–Trinajstić information content (AvgIpc) is 2.34. The summed E-state index contributed by atoms with van der Waals surface area (Å²) in [7, 11) is 0. The molecular weight excluding hydrogens is 258 g/mol. The number of pyridine rings is 1. The van der Waals surface area contributed by atoms with Crippen LogP contribution in [0.5, 0.6) is 0 Å². The highest BCUT2D eigenvalue weighted by atomic mass is 32.2. The minimum absolute atomic E-state index is 0.577. The first-order valence-electron chi connectivity index (χ1n) is 6.01. The lowest BCUT2D eigenvalue weighted by atomic mass is 10.2. The minimum atomic E-state index is 0.577. The number of nitrogens with zero attached hydrogens (tertiary/aromatic N) is 1. The highest BCUT2D eigenvalue weighted by Crippen LogP contribution is 2.29. The van der Waals surface area contributed by atoms with E-state index in [1.165, 1.54) is 15.4 Å². The fourth-order valence-corrected chi connectivity index (χ4v) is 3.01. The van der Waals surface area contributed by atoms with Gasteiger partial charge in [-0.05, 0) is 31.2 Å². The summed E-state index contributed by atoms with van der Waals surface area (Å²) in [6.45, 7) is 6.47. The van der Waals surface area contributed by atoms with Gasteiger partial charge in [0.25, 0.3) is 0 Å². The van der Waals surface area contributed by atoms with Gasteiger partial charge in [0, 0.05) is 21.2 Å². The van der Waals surface area contributed by atoms with Crippen molar-refractivity contribution in [2.24, 2.45) is 0 Å². The Morgan fingerprint density at radius 1 is 0.944 bits per heavy atom. The summed E-state index contributed by atoms with van der Waals surface area (Å²) >= 11 is 3.55. The zero-order chi connectivity index (χ0) is 13.0. The Kier molecular flexibility index (Phi) is 4.72. The molecule has 0 unspecified atom stereocenters. The molecule has 1 nitrogen and oxygen atoms in total. The largest absolute Gasteiger partial charge is 0.249 e. The van der Waals surface area contributed by atoms with Crippen LogP contribution in [0.15, 0.2) is 57.4 Å². The molecule has 0 aliphatic heterocycles. The van der Waals surface area contributed by atoms with Crippen molar-refractivity contribution in [1.82, 2.24) is 4.98 Å². The van der Waals surface area contributed by atoms with Gasteiger partial charge in [-0.3, -0.25) is 0 Å². The first-order chi connectivity index (χ1) is 8.63. The van der Waals surface area contributed by atoms with Crippen molar-refractivity contribution in [3.63, 3.8) is 0 Å². The van der Waals surface area contributed by atoms with Gasteiger partial charge in [-0.1, -0.05) is 43.3 Å². The molecule has 0 aliphatic carbocycles. The topological polar surface area (TPSA) is 12.9 Å². The van der Waals surface area contributed by atoms with E-state index in [1.54, 1.807) is 23.5 Å². The van der Waals surface area contributed by atoms with Crippen LogP contribution in [-0.2, 0) is 0 Å². The predicted octanol–water partition coefficient (Wildman–Crippen LogP) is 5.04. The Balaban J connectivity index is 2.04. The first kappa shape index (κ1) is 13.5. The number of aromatic nitrogens is 1. The van der Waals surface area contributed by atoms with Crippen molar-refractivity contribution in [1.29, 1.82) is 0 Å². The molecule has 3 heteroatoms. The van der Waals surface area contributed by atoms with Gasteiger partial charge in [-0.15, -0.1) is 11.8 Å². The maximum atomic E-state index is 4.47. The molecule has 0 fully saturated rings. The van der Waals surface area contributed by atoms with E-state index in [9.17, 15) is 0 Å². The standard InChI is InChI=1S/C15H17NS2/c1-11(2)17-15-9-8-14(10-16-15)18-13-6-4-12(3)5-7-13/h4-11H,1-3H3. The highest BCUT2D eigenvalue weighted by molar-refractivity contribution is 8.00. The monoisotopic (exact) mass is 275 g/mol. The predicted molar refractivity (Wildman–Crippen MR) is 80.5 cm³/mol. The van der Waals surface area contributed by atoms with Crippen LogP contribution >= 0.6 is 23.5 Å². The summed E-state index contributed by atoms with van der Waals surface area (Å²) in [6, 6.07) is 12.8. The molecule has 0 bridgehead atoms. The Bertz CT molecular complexity index is 489. The first-order valence-corrected chi connectivity index (χ1v) is 7.70. The Hall–Kier alpha value is -0.930. The maximum Gasteiger partial charge on any atom is 0.0963 e. The molecule has 0 N–H and O–H groups in total.